The van der Waals surface area contributed by atoms with Crippen LogP contribution in [0.5, 0.6) is 0 Å². The van der Waals surface area contributed by atoms with E-state index >= 15 is 0 Å². The summed E-state index contributed by atoms with van der Waals surface area (Å²) in [5.41, 5.74) is 5.28. The van der Waals surface area contributed by atoms with Gasteiger partial charge in [-0.2, -0.15) is 0 Å². The molecule has 1 aliphatic rings. The van der Waals surface area contributed by atoms with Gasteiger partial charge < -0.3 is 5.32 Å². The largest absolute Gasteiger partial charge is 0.326 e. The average Bonchev–Trinajstić information content (AvgIpc) is 3.09. The SMILES string of the molecule is Cc1cccc(NC(=O)C2CCc3nc(-c4ccccn4)sc3C2)c1C. The van der Waals surface area contributed by atoms with E-state index < -0.39 is 0 Å². The van der Waals surface area contributed by atoms with Crippen molar-refractivity contribution in [1.82, 2.24) is 9.97 Å². The Morgan fingerprint density at radius 3 is 2.88 bits per heavy atom. The topological polar surface area (TPSA) is 54.9 Å². The fourth-order valence-corrected chi connectivity index (χ4v) is 4.48. The van der Waals surface area contributed by atoms with Crippen LogP contribution in [-0.2, 0) is 17.6 Å². The van der Waals surface area contributed by atoms with Crippen molar-refractivity contribution in [3.05, 3.63) is 64.3 Å². The van der Waals surface area contributed by atoms with Crippen molar-refractivity contribution in [1.29, 1.82) is 0 Å². The van der Waals surface area contributed by atoms with E-state index in [9.17, 15) is 4.79 Å². The zero-order chi connectivity index (χ0) is 18.1. The molecule has 0 aliphatic heterocycles. The van der Waals surface area contributed by atoms with Crippen LogP contribution in [0.4, 0.5) is 5.69 Å². The van der Waals surface area contributed by atoms with E-state index in [4.69, 9.17) is 4.98 Å². The minimum atomic E-state index is -0.000514. The van der Waals surface area contributed by atoms with Crippen molar-refractivity contribution in [3.63, 3.8) is 0 Å². The molecule has 4 rings (SSSR count). The number of benzene rings is 1. The third-order valence-corrected chi connectivity index (χ3v) is 6.20. The van der Waals surface area contributed by atoms with E-state index in [0.29, 0.717) is 0 Å². The number of nitrogens with zero attached hydrogens (tertiary/aromatic N) is 2. The second-order valence-electron chi connectivity index (χ2n) is 6.78. The molecule has 0 radical (unpaired) electrons. The van der Waals surface area contributed by atoms with Gasteiger partial charge >= 0.3 is 0 Å². The molecule has 0 saturated heterocycles. The van der Waals surface area contributed by atoms with Crippen LogP contribution in [0.3, 0.4) is 0 Å². The second kappa shape index (κ2) is 7.00. The molecule has 0 spiro atoms. The number of carbonyl (C=O) groups excluding carboxylic acids is 1. The van der Waals surface area contributed by atoms with E-state index in [2.05, 4.69) is 23.3 Å². The summed E-state index contributed by atoms with van der Waals surface area (Å²) in [7, 11) is 0. The number of aryl methyl sites for hydroxylation is 2. The van der Waals surface area contributed by atoms with Gasteiger partial charge in [-0.25, -0.2) is 4.98 Å². The maximum absolute atomic E-state index is 12.8. The lowest BCUT2D eigenvalue weighted by molar-refractivity contribution is -0.120. The maximum atomic E-state index is 12.8. The lowest BCUT2D eigenvalue weighted by atomic mass is 9.90. The Kier molecular flexibility index (Phi) is 4.55. The van der Waals surface area contributed by atoms with Crippen molar-refractivity contribution < 1.29 is 4.79 Å². The Morgan fingerprint density at radius 1 is 1.19 bits per heavy atom. The molecule has 1 amide bonds. The third-order valence-electron chi connectivity index (χ3n) is 5.06. The second-order valence-corrected chi connectivity index (χ2v) is 7.86. The van der Waals surface area contributed by atoms with Crippen molar-refractivity contribution in [2.24, 2.45) is 5.92 Å². The summed E-state index contributed by atoms with van der Waals surface area (Å²) in [4.78, 5) is 23.1. The number of anilines is 1. The first kappa shape index (κ1) is 16.9. The molecule has 5 heteroatoms. The van der Waals surface area contributed by atoms with E-state index in [-0.39, 0.29) is 11.8 Å². The summed E-state index contributed by atoms with van der Waals surface area (Å²) in [6.07, 6.45) is 4.24. The number of carbonyl (C=O) groups is 1. The molecule has 0 bridgehead atoms. The standard InChI is InChI=1S/C21H21N3OS/c1-13-6-5-8-16(14(13)2)23-20(25)15-9-10-17-19(12-15)26-21(24-17)18-7-3-4-11-22-18/h3-8,11,15H,9-10,12H2,1-2H3,(H,23,25). The van der Waals surface area contributed by atoms with Crippen LogP contribution in [0.25, 0.3) is 10.7 Å². The van der Waals surface area contributed by atoms with Crippen LogP contribution in [-0.4, -0.2) is 15.9 Å². The summed E-state index contributed by atoms with van der Waals surface area (Å²) in [6, 6.07) is 11.9. The van der Waals surface area contributed by atoms with Gasteiger partial charge in [0, 0.05) is 22.7 Å². The highest BCUT2D eigenvalue weighted by Crippen LogP contribution is 2.34. The van der Waals surface area contributed by atoms with E-state index in [1.165, 1.54) is 10.4 Å². The number of nitrogens with one attached hydrogen (secondary N) is 1. The lowest BCUT2D eigenvalue weighted by Gasteiger charge is -2.21. The number of aromatic nitrogens is 2. The minimum absolute atomic E-state index is 0.000514. The minimum Gasteiger partial charge on any atom is -0.326 e. The molecule has 1 N–H and O–H groups in total. The Bertz CT molecular complexity index is 949. The average molecular weight is 363 g/mol. The van der Waals surface area contributed by atoms with Crippen LogP contribution in [0.15, 0.2) is 42.6 Å². The molecule has 1 aliphatic carbocycles. The van der Waals surface area contributed by atoms with Gasteiger partial charge in [0.2, 0.25) is 5.91 Å². The molecule has 132 valence electrons. The van der Waals surface area contributed by atoms with Crippen LogP contribution in [0, 0.1) is 19.8 Å². The van der Waals surface area contributed by atoms with Gasteiger partial charge in [-0.3, -0.25) is 9.78 Å². The normalized spacial score (nSPS) is 16.2. The fourth-order valence-electron chi connectivity index (χ4n) is 3.32. The smallest absolute Gasteiger partial charge is 0.227 e. The molecule has 1 atom stereocenters. The summed E-state index contributed by atoms with van der Waals surface area (Å²) in [5, 5.41) is 4.07. The molecule has 1 unspecified atom stereocenters. The molecule has 1 aromatic carbocycles. The number of rotatable bonds is 3. The molecule has 3 aromatic rings. The molecular formula is C21H21N3OS. The summed E-state index contributed by atoms with van der Waals surface area (Å²) < 4.78 is 0. The quantitative estimate of drug-likeness (QED) is 0.742. The van der Waals surface area contributed by atoms with Crippen LogP contribution < -0.4 is 5.32 Å². The van der Waals surface area contributed by atoms with Crippen molar-refractivity contribution >= 4 is 22.9 Å². The zero-order valence-electron chi connectivity index (χ0n) is 15.0. The van der Waals surface area contributed by atoms with Crippen molar-refractivity contribution in [2.75, 3.05) is 5.32 Å². The van der Waals surface area contributed by atoms with Crippen molar-refractivity contribution in [2.45, 2.75) is 33.1 Å². The monoisotopic (exact) mass is 363 g/mol. The Labute approximate surface area is 157 Å². The van der Waals surface area contributed by atoms with Gasteiger partial charge in [-0.15, -0.1) is 11.3 Å². The first-order chi connectivity index (χ1) is 12.6. The number of hydrogen-bond donors (Lipinski definition) is 1. The predicted octanol–water partition coefficient (Wildman–Crippen LogP) is 4.57. The van der Waals surface area contributed by atoms with Gasteiger partial charge in [0.1, 0.15) is 5.01 Å². The Hall–Kier alpha value is -2.53. The highest BCUT2D eigenvalue weighted by molar-refractivity contribution is 7.15. The zero-order valence-corrected chi connectivity index (χ0v) is 15.8. The molecule has 0 saturated carbocycles. The molecule has 2 heterocycles. The first-order valence-electron chi connectivity index (χ1n) is 8.89. The lowest BCUT2D eigenvalue weighted by Crippen LogP contribution is -2.28. The highest BCUT2D eigenvalue weighted by Gasteiger charge is 2.28. The number of fused-ring (bicyclic) bond motifs is 1. The first-order valence-corrected chi connectivity index (χ1v) is 9.70. The van der Waals surface area contributed by atoms with Crippen LogP contribution in [0.1, 0.15) is 28.1 Å². The maximum Gasteiger partial charge on any atom is 0.227 e. The summed E-state index contributed by atoms with van der Waals surface area (Å²) in [6.45, 7) is 4.11. The molecule has 0 fully saturated rings. The molecule has 26 heavy (non-hydrogen) atoms. The molecule has 4 nitrogen and oxygen atoms in total. The summed E-state index contributed by atoms with van der Waals surface area (Å²) in [5.74, 6) is 0.108. The molecular weight excluding hydrogens is 342 g/mol. The van der Waals surface area contributed by atoms with E-state index in [1.807, 2.05) is 37.3 Å². The molecule has 2 aromatic heterocycles. The summed E-state index contributed by atoms with van der Waals surface area (Å²) >= 11 is 1.67. The van der Waals surface area contributed by atoms with Crippen LogP contribution in [0.2, 0.25) is 0 Å². The van der Waals surface area contributed by atoms with Gasteiger partial charge in [-0.05, 0) is 62.4 Å². The van der Waals surface area contributed by atoms with E-state index in [1.54, 1.807) is 17.5 Å². The highest BCUT2D eigenvalue weighted by atomic mass is 32.1. The fraction of sp³-hybridized carbons (Fsp3) is 0.286. The van der Waals surface area contributed by atoms with E-state index in [0.717, 1.165) is 46.9 Å². The Morgan fingerprint density at radius 2 is 2.08 bits per heavy atom. The Balaban J connectivity index is 1.50. The number of amides is 1. The van der Waals surface area contributed by atoms with Crippen LogP contribution >= 0.6 is 11.3 Å². The number of hydrogen-bond acceptors (Lipinski definition) is 4. The van der Waals surface area contributed by atoms with Gasteiger partial charge in [0.25, 0.3) is 0 Å². The third kappa shape index (κ3) is 3.27. The van der Waals surface area contributed by atoms with Gasteiger partial charge in [-0.1, -0.05) is 18.2 Å². The van der Waals surface area contributed by atoms with Gasteiger partial charge in [0.05, 0.1) is 11.4 Å². The van der Waals surface area contributed by atoms with Gasteiger partial charge in [0.15, 0.2) is 0 Å². The van der Waals surface area contributed by atoms with Crippen molar-refractivity contribution in [3.8, 4) is 10.7 Å². The number of thiazole rings is 1. The number of pyridine rings is 1. The predicted molar refractivity (Wildman–Crippen MR) is 105 cm³/mol.